The summed E-state index contributed by atoms with van der Waals surface area (Å²) in [6.45, 7) is 0. The second-order valence-electron chi connectivity index (χ2n) is 6.31. The molecule has 1 saturated carbocycles. The van der Waals surface area contributed by atoms with Crippen LogP contribution in [0.5, 0.6) is 0 Å². The van der Waals surface area contributed by atoms with Crippen molar-refractivity contribution in [1.29, 1.82) is 0 Å². The van der Waals surface area contributed by atoms with Crippen LogP contribution in [0.1, 0.15) is 49.0 Å². The maximum Gasteiger partial charge on any atom is 0.272 e. The van der Waals surface area contributed by atoms with Gasteiger partial charge in [-0.05, 0) is 37.1 Å². The highest BCUT2D eigenvalue weighted by Gasteiger charge is 2.17. The summed E-state index contributed by atoms with van der Waals surface area (Å²) in [6.07, 6.45) is 6.47. The SMILES string of the molecule is O=C(NC1CCCCCC1)c1ccc(Nc2ccc(F)c(F)c2F)nn1. The molecule has 0 atom stereocenters. The number of amides is 1. The second-order valence-corrected chi connectivity index (χ2v) is 6.31. The molecule has 1 aromatic heterocycles. The number of nitrogens with zero attached hydrogens (tertiary/aromatic N) is 2. The molecule has 8 heteroatoms. The Morgan fingerprint density at radius 3 is 2.31 bits per heavy atom. The summed E-state index contributed by atoms with van der Waals surface area (Å²) in [5.74, 6) is -4.38. The fraction of sp³-hybridized carbons (Fsp3) is 0.389. The van der Waals surface area contributed by atoms with Gasteiger partial charge in [0.1, 0.15) is 0 Å². The van der Waals surface area contributed by atoms with Gasteiger partial charge in [-0.1, -0.05) is 25.7 Å². The van der Waals surface area contributed by atoms with Gasteiger partial charge in [0.15, 0.2) is 29.0 Å². The number of anilines is 2. The Morgan fingerprint density at radius 2 is 1.65 bits per heavy atom. The van der Waals surface area contributed by atoms with Crippen molar-refractivity contribution < 1.29 is 18.0 Å². The summed E-state index contributed by atoms with van der Waals surface area (Å²) < 4.78 is 39.8. The molecule has 0 spiro atoms. The number of nitrogens with one attached hydrogen (secondary N) is 2. The Bertz CT molecular complexity index is 775. The van der Waals surface area contributed by atoms with E-state index in [0.29, 0.717) is 0 Å². The Morgan fingerprint density at radius 1 is 0.923 bits per heavy atom. The molecule has 3 rings (SSSR count). The first-order valence-electron chi connectivity index (χ1n) is 8.59. The van der Waals surface area contributed by atoms with Gasteiger partial charge in [-0.25, -0.2) is 13.2 Å². The van der Waals surface area contributed by atoms with Crippen LogP contribution in [0.4, 0.5) is 24.7 Å². The maximum atomic E-state index is 13.7. The predicted molar refractivity (Wildman–Crippen MR) is 90.6 cm³/mol. The topological polar surface area (TPSA) is 66.9 Å². The van der Waals surface area contributed by atoms with Crippen LogP contribution in [0.25, 0.3) is 0 Å². The number of rotatable bonds is 4. The Balaban J connectivity index is 1.64. The van der Waals surface area contributed by atoms with Gasteiger partial charge in [0.25, 0.3) is 5.91 Å². The van der Waals surface area contributed by atoms with Gasteiger partial charge in [-0.2, -0.15) is 0 Å². The molecule has 0 saturated heterocycles. The fourth-order valence-corrected chi connectivity index (χ4v) is 2.96. The van der Waals surface area contributed by atoms with Crippen molar-refractivity contribution in [2.75, 3.05) is 5.32 Å². The quantitative estimate of drug-likeness (QED) is 0.633. The van der Waals surface area contributed by atoms with Crippen LogP contribution in [0.2, 0.25) is 0 Å². The van der Waals surface area contributed by atoms with Crippen molar-refractivity contribution >= 4 is 17.4 Å². The number of carbonyl (C=O) groups is 1. The Labute approximate surface area is 149 Å². The third-order valence-electron chi connectivity index (χ3n) is 4.39. The van der Waals surface area contributed by atoms with Crippen molar-refractivity contribution in [3.05, 3.63) is 47.4 Å². The Hall–Kier alpha value is -2.64. The van der Waals surface area contributed by atoms with Crippen molar-refractivity contribution in [3.8, 4) is 0 Å². The first kappa shape index (κ1) is 18.2. The predicted octanol–water partition coefficient (Wildman–Crippen LogP) is 4.09. The van der Waals surface area contributed by atoms with Crippen molar-refractivity contribution in [2.24, 2.45) is 0 Å². The van der Waals surface area contributed by atoms with E-state index in [1.807, 2.05) is 0 Å². The normalized spacial score (nSPS) is 15.3. The summed E-state index contributed by atoms with van der Waals surface area (Å²) in [5.41, 5.74) is -0.126. The van der Waals surface area contributed by atoms with Crippen LogP contribution >= 0.6 is 0 Å². The van der Waals surface area contributed by atoms with E-state index < -0.39 is 17.5 Å². The van der Waals surface area contributed by atoms with E-state index in [1.165, 1.54) is 25.0 Å². The summed E-state index contributed by atoms with van der Waals surface area (Å²) in [6, 6.07) is 4.88. The standard InChI is InChI=1S/C18H19F3N4O/c19-12-7-8-13(17(21)16(12)20)23-15-10-9-14(24-25-15)18(26)22-11-5-3-1-2-4-6-11/h7-11H,1-6H2,(H,22,26)(H,23,25). The summed E-state index contributed by atoms with van der Waals surface area (Å²) >= 11 is 0. The number of hydrogen-bond acceptors (Lipinski definition) is 4. The van der Waals surface area contributed by atoms with E-state index in [4.69, 9.17) is 0 Å². The fourth-order valence-electron chi connectivity index (χ4n) is 2.96. The van der Waals surface area contributed by atoms with E-state index in [9.17, 15) is 18.0 Å². The molecule has 0 bridgehead atoms. The molecule has 0 radical (unpaired) electrons. The van der Waals surface area contributed by atoms with E-state index in [1.54, 1.807) is 0 Å². The third-order valence-corrected chi connectivity index (χ3v) is 4.39. The zero-order valence-corrected chi connectivity index (χ0v) is 14.1. The van der Waals surface area contributed by atoms with E-state index in [0.717, 1.165) is 37.8 Å². The van der Waals surface area contributed by atoms with Crippen molar-refractivity contribution in [2.45, 2.75) is 44.6 Å². The van der Waals surface area contributed by atoms with Crippen LogP contribution in [-0.4, -0.2) is 22.1 Å². The minimum Gasteiger partial charge on any atom is -0.348 e. The van der Waals surface area contributed by atoms with Gasteiger partial charge in [0.05, 0.1) is 5.69 Å². The van der Waals surface area contributed by atoms with Crippen molar-refractivity contribution in [1.82, 2.24) is 15.5 Å². The summed E-state index contributed by atoms with van der Waals surface area (Å²) in [7, 11) is 0. The van der Waals surface area contributed by atoms with Crippen LogP contribution in [0.3, 0.4) is 0 Å². The molecule has 1 aliphatic rings. The number of benzene rings is 1. The molecule has 2 N–H and O–H groups in total. The van der Waals surface area contributed by atoms with Crippen LogP contribution < -0.4 is 10.6 Å². The van der Waals surface area contributed by atoms with Crippen LogP contribution in [0.15, 0.2) is 24.3 Å². The first-order chi connectivity index (χ1) is 12.5. The van der Waals surface area contributed by atoms with Crippen LogP contribution in [-0.2, 0) is 0 Å². The highest BCUT2D eigenvalue weighted by Crippen LogP contribution is 2.22. The van der Waals surface area contributed by atoms with Gasteiger partial charge >= 0.3 is 0 Å². The molecular formula is C18H19F3N4O. The highest BCUT2D eigenvalue weighted by molar-refractivity contribution is 5.92. The minimum atomic E-state index is -1.57. The molecule has 5 nitrogen and oxygen atoms in total. The van der Waals surface area contributed by atoms with E-state index in [2.05, 4.69) is 20.8 Å². The van der Waals surface area contributed by atoms with Gasteiger partial charge in [0, 0.05) is 6.04 Å². The average molecular weight is 364 g/mol. The summed E-state index contributed by atoms with van der Waals surface area (Å²) in [4.78, 5) is 12.2. The number of aromatic nitrogens is 2. The van der Waals surface area contributed by atoms with Gasteiger partial charge in [0.2, 0.25) is 0 Å². The Kier molecular flexibility index (Phi) is 5.70. The minimum absolute atomic E-state index is 0.112. The smallest absolute Gasteiger partial charge is 0.272 e. The molecule has 0 aliphatic heterocycles. The summed E-state index contributed by atoms with van der Waals surface area (Å²) in [5, 5.41) is 13.1. The van der Waals surface area contributed by atoms with E-state index in [-0.39, 0.29) is 29.1 Å². The van der Waals surface area contributed by atoms with Gasteiger partial charge in [-0.15, -0.1) is 10.2 Å². The lowest BCUT2D eigenvalue weighted by molar-refractivity contribution is 0.0927. The largest absolute Gasteiger partial charge is 0.348 e. The third kappa shape index (κ3) is 4.30. The molecule has 1 aliphatic carbocycles. The van der Waals surface area contributed by atoms with Gasteiger partial charge < -0.3 is 10.6 Å². The van der Waals surface area contributed by atoms with E-state index >= 15 is 0 Å². The molecule has 1 heterocycles. The first-order valence-corrected chi connectivity index (χ1v) is 8.59. The highest BCUT2D eigenvalue weighted by atomic mass is 19.2. The molecule has 2 aromatic rings. The lowest BCUT2D eigenvalue weighted by Crippen LogP contribution is -2.35. The molecule has 138 valence electrons. The molecule has 1 fully saturated rings. The molecule has 1 aromatic carbocycles. The monoisotopic (exact) mass is 364 g/mol. The zero-order valence-electron chi connectivity index (χ0n) is 14.1. The van der Waals surface area contributed by atoms with Crippen LogP contribution in [0, 0.1) is 17.5 Å². The van der Waals surface area contributed by atoms with Gasteiger partial charge in [-0.3, -0.25) is 4.79 Å². The molecule has 0 unspecified atom stereocenters. The lowest BCUT2D eigenvalue weighted by Gasteiger charge is -2.15. The lowest BCUT2D eigenvalue weighted by atomic mass is 10.1. The zero-order chi connectivity index (χ0) is 18.5. The number of carbonyl (C=O) groups excluding carboxylic acids is 1. The van der Waals surface area contributed by atoms with Crippen molar-refractivity contribution in [3.63, 3.8) is 0 Å². The second kappa shape index (κ2) is 8.16. The molecule has 26 heavy (non-hydrogen) atoms. The molecular weight excluding hydrogens is 345 g/mol. The average Bonchev–Trinajstić information content (AvgIpc) is 2.91. The molecule has 1 amide bonds. The number of halogens is 3. The number of hydrogen-bond donors (Lipinski definition) is 2. The maximum absolute atomic E-state index is 13.7.